The summed E-state index contributed by atoms with van der Waals surface area (Å²) in [7, 11) is 0. The molecule has 6 heteroatoms. The summed E-state index contributed by atoms with van der Waals surface area (Å²) in [6.45, 7) is 1.54. The maximum Gasteiger partial charge on any atom is 0.433 e. The molecule has 2 heterocycles. The van der Waals surface area contributed by atoms with Crippen LogP contribution in [0, 0.1) is 0 Å². The summed E-state index contributed by atoms with van der Waals surface area (Å²) in [5.74, 6) is 0. The quantitative estimate of drug-likeness (QED) is 0.823. The van der Waals surface area contributed by atoms with Crippen LogP contribution < -0.4 is 10.6 Å². The average Bonchev–Trinajstić information content (AvgIpc) is 2.29. The molecule has 0 bridgehead atoms. The van der Waals surface area contributed by atoms with Crippen LogP contribution in [0.25, 0.3) is 0 Å². The Bertz CT molecular complexity index is 367. The molecule has 1 saturated heterocycles. The smallest absolute Gasteiger partial charge is 0.370 e. The first-order valence-electron chi connectivity index (χ1n) is 5.50. The highest BCUT2D eigenvalue weighted by Gasteiger charge is 2.32. The summed E-state index contributed by atoms with van der Waals surface area (Å²) in [6, 6.07) is 2.69. The van der Waals surface area contributed by atoms with Crippen LogP contribution in [0.4, 0.5) is 18.9 Å². The maximum atomic E-state index is 12.3. The Labute approximate surface area is 97.4 Å². The molecular weight excluding hydrogens is 231 g/mol. The normalized spacial score (nSPS) is 18.5. The first-order valence-corrected chi connectivity index (χ1v) is 5.50. The van der Waals surface area contributed by atoms with Crippen LogP contribution in [-0.4, -0.2) is 24.1 Å². The van der Waals surface area contributed by atoms with Crippen molar-refractivity contribution in [1.82, 2.24) is 4.98 Å². The Morgan fingerprint density at radius 1 is 1.24 bits per heavy atom. The molecule has 0 saturated carbocycles. The van der Waals surface area contributed by atoms with Crippen molar-refractivity contribution in [2.24, 2.45) is 5.73 Å². The predicted molar refractivity (Wildman–Crippen MR) is 58.7 cm³/mol. The van der Waals surface area contributed by atoms with Crippen LogP contribution in [-0.2, 0) is 6.18 Å². The third kappa shape index (κ3) is 2.88. The number of hydrogen-bond donors (Lipinski definition) is 1. The summed E-state index contributed by atoms with van der Waals surface area (Å²) in [4.78, 5) is 5.46. The number of piperidine rings is 1. The number of pyridine rings is 1. The monoisotopic (exact) mass is 245 g/mol. The van der Waals surface area contributed by atoms with E-state index in [0.29, 0.717) is 0 Å². The predicted octanol–water partition coefficient (Wildman–Crippen LogP) is 2.03. The lowest BCUT2D eigenvalue weighted by Crippen LogP contribution is -2.39. The van der Waals surface area contributed by atoms with Crippen molar-refractivity contribution in [2.75, 3.05) is 18.0 Å². The summed E-state index contributed by atoms with van der Waals surface area (Å²) in [5.41, 5.74) is 5.64. The third-order valence-corrected chi connectivity index (χ3v) is 2.94. The second kappa shape index (κ2) is 4.52. The van der Waals surface area contributed by atoms with E-state index in [-0.39, 0.29) is 6.04 Å². The lowest BCUT2D eigenvalue weighted by molar-refractivity contribution is -0.141. The fourth-order valence-corrected chi connectivity index (χ4v) is 1.90. The molecule has 1 fully saturated rings. The van der Waals surface area contributed by atoms with Crippen molar-refractivity contribution in [1.29, 1.82) is 0 Å². The molecule has 1 aromatic heterocycles. The van der Waals surface area contributed by atoms with Crippen LogP contribution in [0.1, 0.15) is 18.5 Å². The minimum Gasteiger partial charge on any atom is -0.370 e. The van der Waals surface area contributed by atoms with Gasteiger partial charge >= 0.3 is 6.18 Å². The second-order valence-corrected chi connectivity index (χ2v) is 4.22. The highest BCUT2D eigenvalue weighted by Crippen LogP contribution is 2.28. The molecule has 3 nitrogen and oxygen atoms in total. The number of anilines is 1. The molecule has 0 amide bonds. The number of halogens is 3. The van der Waals surface area contributed by atoms with Crippen LogP contribution in [0.2, 0.25) is 0 Å². The molecule has 0 aliphatic carbocycles. The largest absolute Gasteiger partial charge is 0.433 e. The van der Waals surface area contributed by atoms with Crippen molar-refractivity contribution >= 4 is 5.69 Å². The van der Waals surface area contributed by atoms with E-state index in [9.17, 15) is 13.2 Å². The van der Waals surface area contributed by atoms with E-state index in [1.54, 1.807) is 0 Å². The summed E-state index contributed by atoms with van der Waals surface area (Å²) >= 11 is 0. The van der Waals surface area contributed by atoms with Gasteiger partial charge in [-0.1, -0.05) is 0 Å². The maximum absolute atomic E-state index is 12.3. The molecule has 2 rings (SSSR count). The molecule has 17 heavy (non-hydrogen) atoms. The van der Waals surface area contributed by atoms with Gasteiger partial charge in [0.15, 0.2) is 0 Å². The fourth-order valence-electron chi connectivity index (χ4n) is 1.90. The standard InChI is InChI=1S/C11H14F3N3/c12-11(13,14)10-2-1-9(7-16-10)17-5-3-8(15)4-6-17/h1-2,7-8H,3-6,15H2. The van der Waals surface area contributed by atoms with Crippen LogP contribution in [0.15, 0.2) is 18.3 Å². The lowest BCUT2D eigenvalue weighted by atomic mass is 10.1. The summed E-state index contributed by atoms with van der Waals surface area (Å²) < 4.78 is 37.0. The Hall–Kier alpha value is -1.30. The molecule has 0 aromatic carbocycles. The van der Waals surface area contributed by atoms with E-state index in [1.807, 2.05) is 4.90 Å². The minimum absolute atomic E-state index is 0.202. The molecular formula is C11H14F3N3. The number of nitrogens with zero attached hydrogens (tertiary/aromatic N) is 2. The zero-order valence-corrected chi connectivity index (χ0v) is 9.24. The Balaban J connectivity index is 2.08. The first-order chi connectivity index (χ1) is 7.97. The van der Waals surface area contributed by atoms with Gasteiger partial charge in [-0.05, 0) is 25.0 Å². The van der Waals surface area contributed by atoms with E-state index in [1.165, 1.54) is 12.3 Å². The highest BCUT2D eigenvalue weighted by atomic mass is 19.4. The molecule has 94 valence electrons. The Morgan fingerprint density at radius 2 is 1.88 bits per heavy atom. The molecule has 1 aliphatic rings. The van der Waals surface area contributed by atoms with Gasteiger partial charge in [-0.2, -0.15) is 13.2 Å². The SMILES string of the molecule is NC1CCN(c2ccc(C(F)(F)F)nc2)CC1. The van der Waals surface area contributed by atoms with E-state index < -0.39 is 11.9 Å². The number of alkyl halides is 3. The van der Waals surface area contributed by atoms with E-state index in [0.717, 1.165) is 37.7 Å². The van der Waals surface area contributed by atoms with Gasteiger partial charge in [-0.15, -0.1) is 0 Å². The van der Waals surface area contributed by atoms with Gasteiger partial charge < -0.3 is 10.6 Å². The third-order valence-electron chi connectivity index (χ3n) is 2.94. The number of aromatic nitrogens is 1. The molecule has 2 N–H and O–H groups in total. The molecule has 0 radical (unpaired) electrons. The molecule has 0 spiro atoms. The Kier molecular flexibility index (Phi) is 3.24. The summed E-state index contributed by atoms with van der Waals surface area (Å²) in [5, 5.41) is 0. The van der Waals surface area contributed by atoms with Gasteiger partial charge in [0.1, 0.15) is 5.69 Å². The van der Waals surface area contributed by atoms with Crippen molar-refractivity contribution in [3.05, 3.63) is 24.0 Å². The average molecular weight is 245 g/mol. The Morgan fingerprint density at radius 3 is 2.35 bits per heavy atom. The van der Waals surface area contributed by atoms with E-state index >= 15 is 0 Å². The lowest BCUT2D eigenvalue weighted by Gasteiger charge is -2.31. The van der Waals surface area contributed by atoms with Crippen molar-refractivity contribution in [2.45, 2.75) is 25.1 Å². The van der Waals surface area contributed by atoms with E-state index in [4.69, 9.17) is 5.73 Å². The number of rotatable bonds is 1. The zero-order chi connectivity index (χ0) is 12.5. The van der Waals surface area contributed by atoms with Gasteiger partial charge in [-0.25, -0.2) is 4.98 Å². The van der Waals surface area contributed by atoms with Gasteiger partial charge in [0.2, 0.25) is 0 Å². The van der Waals surface area contributed by atoms with Crippen LogP contribution in [0.5, 0.6) is 0 Å². The minimum atomic E-state index is -4.37. The molecule has 0 atom stereocenters. The number of nitrogens with two attached hydrogens (primary N) is 1. The van der Waals surface area contributed by atoms with Gasteiger partial charge in [0.05, 0.1) is 11.9 Å². The van der Waals surface area contributed by atoms with Gasteiger partial charge in [0, 0.05) is 19.1 Å². The van der Waals surface area contributed by atoms with E-state index in [2.05, 4.69) is 4.98 Å². The van der Waals surface area contributed by atoms with Gasteiger partial charge in [-0.3, -0.25) is 0 Å². The topological polar surface area (TPSA) is 42.1 Å². The van der Waals surface area contributed by atoms with Crippen molar-refractivity contribution < 1.29 is 13.2 Å². The molecule has 1 aliphatic heterocycles. The number of hydrogen-bond acceptors (Lipinski definition) is 3. The van der Waals surface area contributed by atoms with Gasteiger partial charge in [0.25, 0.3) is 0 Å². The zero-order valence-electron chi connectivity index (χ0n) is 9.24. The highest BCUT2D eigenvalue weighted by molar-refractivity contribution is 5.45. The summed E-state index contributed by atoms with van der Waals surface area (Å²) in [6.07, 6.45) is -1.37. The van der Waals surface area contributed by atoms with Crippen LogP contribution in [0.3, 0.4) is 0 Å². The van der Waals surface area contributed by atoms with Crippen molar-refractivity contribution in [3.63, 3.8) is 0 Å². The van der Waals surface area contributed by atoms with Crippen LogP contribution >= 0.6 is 0 Å². The molecule has 1 aromatic rings. The fraction of sp³-hybridized carbons (Fsp3) is 0.545. The first kappa shape index (κ1) is 12.2. The molecule has 0 unspecified atom stereocenters. The second-order valence-electron chi connectivity index (χ2n) is 4.22. The van der Waals surface area contributed by atoms with Crippen molar-refractivity contribution in [3.8, 4) is 0 Å².